The average molecular weight is 276 g/mol. The van der Waals surface area contributed by atoms with E-state index in [0.717, 1.165) is 12.1 Å². The van der Waals surface area contributed by atoms with Crippen LogP contribution in [0.1, 0.15) is 10.4 Å². The highest BCUT2D eigenvalue weighted by Crippen LogP contribution is 2.32. The van der Waals surface area contributed by atoms with Gasteiger partial charge in [-0.3, -0.25) is 14.9 Å². The molecule has 0 radical (unpaired) electrons. The summed E-state index contributed by atoms with van der Waals surface area (Å²) in [6.07, 6.45) is 0. The molecular weight excluding hydrogens is 267 g/mol. The van der Waals surface area contributed by atoms with Crippen LogP contribution in [0.3, 0.4) is 0 Å². The van der Waals surface area contributed by atoms with E-state index in [1.165, 1.54) is 30.3 Å². The predicted molar refractivity (Wildman–Crippen MR) is 68.1 cm³/mol. The maximum absolute atomic E-state index is 13.0. The third kappa shape index (κ3) is 2.89. The van der Waals surface area contributed by atoms with Gasteiger partial charge in [0, 0.05) is 17.7 Å². The molecular formula is C13H9FN2O4. The Bertz CT molecular complexity index is 688. The van der Waals surface area contributed by atoms with Crippen LogP contribution in [0.2, 0.25) is 0 Å². The Labute approximate surface area is 112 Å². The maximum Gasteiger partial charge on any atom is 0.312 e. The molecule has 0 aliphatic rings. The van der Waals surface area contributed by atoms with Crippen LogP contribution in [0.15, 0.2) is 42.5 Å². The molecule has 2 aromatic carbocycles. The first-order valence-corrected chi connectivity index (χ1v) is 5.49. The van der Waals surface area contributed by atoms with Crippen molar-refractivity contribution in [1.29, 1.82) is 0 Å². The van der Waals surface area contributed by atoms with Gasteiger partial charge in [-0.05, 0) is 24.3 Å². The Morgan fingerprint density at radius 3 is 2.60 bits per heavy atom. The van der Waals surface area contributed by atoms with Gasteiger partial charge >= 0.3 is 5.69 Å². The summed E-state index contributed by atoms with van der Waals surface area (Å²) in [6, 6.07) is 8.72. The monoisotopic (exact) mass is 276 g/mol. The number of halogens is 1. The molecule has 0 atom stereocenters. The number of nitro groups is 1. The Morgan fingerprint density at radius 2 is 2.00 bits per heavy atom. The topological polar surface area (TPSA) is 95.5 Å². The average Bonchev–Trinajstić information content (AvgIpc) is 2.38. The Kier molecular flexibility index (Phi) is 3.60. The van der Waals surface area contributed by atoms with Crippen LogP contribution < -0.4 is 10.5 Å². The second-order valence-electron chi connectivity index (χ2n) is 3.86. The zero-order chi connectivity index (χ0) is 14.7. The van der Waals surface area contributed by atoms with Crippen LogP contribution in [0.5, 0.6) is 11.5 Å². The number of nitro benzene ring substituents is 1. The minimum atomic E-state index is -0.787. The molecule has 20 heavy (non-hydrogen) atoms. The zero-order valence-electron chi connectivity index (χ0n) is 10.1. The lowest BCUT2D eigenvalue weighted by atomic mass is 10.2. The molecule has 1 amide bonds. The van der Waals surface area contributed by atoms with E-state index in [0.29, 0.717) is 0 Å². The molecule has 2 aromatic rings. The van der Waals surface area contributed by atoms with E-state index in [9.17, 15) is 19.3 Å². The first-order chi connectivity index (χ1) is 9.47. The van der Waals surface area contributed by atoms with E-state index < -0.39 is 22.3 Å². The van der Waals surface area contributed by atoms with E-state index in [4.69, 9.17) is 10.5 Å². The first kappa shape index (κ1) is 13.5. The zero-order valence-corrected chi connectivity index (χ0v) is 10.1. The van der Waals surface area contributed by atoms with Gasteiger partial charge in [0.15, 0.2) is 0 Å². The summed E-state index contributed by atoms with van der Waals surface area (Å²) in [7, 11) is 0. The van der Waals surface area contributed by atoms with Crippen molar-refractivity contribution in [1.82, 2.24) is 0 Å². The van der Waals surface area contributed by atoms with Gasteiger partial charge in [-0.1, -0.05) is 6.07 Å². The molecule has 7 heteroatoms. The lowest BCUT2D eigenvalue weighted by Crippen LogP contribution is -2.11. The predicted octanol–water partition coefficient (Wildman–Crippen LogP) is 2.63. The number of hydrogen-bond acceptors (Lipinski definition) is 4. The molecule has 0 saturated heterocycles. The summed E-state index contributed by atoms with van der Waals surface area (Å²) in [5.74, 6) is -1.31. The number of carbonyl (C=O) groups is 1. The van der Waals surface area contributed by atoms with Crippen molar-refractivity contribution in [2.24, 2.45) is 5.73 Å². The molecule has 0 bridgehead atoms. The summed E-state index contributed by atoms with van der Waals surface area (Å²) < 4.78 is 18.3. The Hall–Kier alpha value is -2.96. The summed E-state index contributed by atoms with van der Waals surface area (Å²) in [5.41, 5.74) is 4.62. The van der Waals surface area contributed by atoms with Crippen molar-refractivity contribution < 1.29 is 18.8 Å². The summed E-state index contributed by atoms with van der Waals surface area (Å²) in [4.78, 5) is 21.2. The van der Waals surface area contributed by atoms with Crippen molar-refractivity contribution >= 4 is 11.6 Å². The number of amides is 1. The van der Waals surface area contributed by atoms with Gasteiger partial charge in [-0.25, -0.2) is 4.39 Å². The van der Waals surface area contributed by atoms with Gasteiger partial charge in [0.25, 0.3) is 0 Å². The fourth-order valence-electron chi connectivity index (χ4n) is 1.56. The summed E-state index contributed by atoms with van der Waals surface area (Å²) in [6.45, 7) is 0. The highest BCUT2D eigenvalue weighted by molar-refractivity contribution is 5.93. The number of rotatable bonds is 4. The molecule has 102 valence electrons. The number of benzene rings is 2. The quantitative estimate of drug-likeness (QED) is 0.685. The van der Waals surface area contributed by atoms with E-state index >= 15 is 0 Å². The van der Waals surface area contributed by atoms with Gasteiger partial charge in [-0.2, -0.15) is 0 Å². The number of hydrogen-bond donors (Lipinski definition) is 1. The molecule has 0 spiro atoms. The van der Waals surface area contributed by atoms with E-state index in [-0.39, 0.29) is 17.1 Å². The number of nitrogens with zero attached hydrogens (tertiary/aromatic N) is 1. The van der Waals surface area contributed by atoms with E-state index in [1.54, 1.807) is 0 Å². The molecule has 2 N–H and O–H groups in total. The highest BCUT2D eigenvalue weighted by atomic mass is 19.1. The van der Waals surface area contributed by atoms with Crippen molar-refractivity contribution in [3.05, 3.63) is 64.0 Å². The summed E-state index contributed by atoms with van der Waals surface area (Å²) >= 11 is 0. The highest BCUT2D eigenvalue weighted by Gasteiger charge is 2.18. The molecule has 0 aliphatic heterocycles. The fraction of sp³-hybridized carbons (Fsp3) is 0. The SMILES string of the molecule is NC(=O)c1ccc(Oc2cccc(F)c2)c([N+](=O)[O-])c1. The van der Waals surface area contributed by atoms with Crippen molar-refractivity contribution in [3.63, 3.8) is 0 Å². The Balaban J connectivity index is 2.41. The summed E-state index contributed by atoms with van der Waals surface area (Å²) in [5, 5.41) is 11.0. The Morgan fingerprint density at radius 1 is 1.25 bits per heavy atom. The van der Waals surface area contributed by atoms with Gasteiger partial charge in [0.1, 0.15) is 11.6 Å². The number of nitrogens with two attached hydrogens (primary N) is 1. The van der Waals surface area contributed by atoms with E-state index in [1.807, 2.05) is 0 Å². The molecule has 0 saturated carbocycles. The first-order valence-electron chi connectivity index (χ1n) is 5.49. The van der Waals surface area contributed by atoms with Crippen molar-refractivity contribution in [2.45, 2.75) is 0 Å². The minimum Gasteiger partial charge on any atom is -0.450 e. The lowest BCUT2D eigenvalue weighted by molar-refractivity contribution is -0.385. The standard InChI is InChI=1S/C13H9FN2O4/c14-9-2-1-3-10(7-9)20-12-5-4-8(13(15)17)6-11(12)16(18)19/h1-7H,(H2,15,17). The van der Waals surface area contributed by atoms with Gasteiger partial charge in [0.05, 0.1) is 4.92 Å². The maximum atomic E-state index is 13.0. The number of primary amides is 1. The van der Waals surface area contributed by atoms with Crippen molar-refractivity contribution in [2.75, 3.05) is 0 Å². The fourth-order valence-corrected chi connectivity index (χ4v) is 1.56. The molecule has 0 aromatic heterocycles. The largest absolute Gasteiger partial charge is 0.450 e. The van der Waals surface area contributed by atoms with Gasteiger partial charge < -0.3 is 10.5 Å². The third-order valence-electron chi connectivity index (χ3n) is 2.46. The van der Waals surface area contributed by atoms with Gasteiger partial charge in [0.2, 0.25) is 11.7 Å². The van der Waals surface area contributed by atoms with Crippen LogP contribution in [-0.2, 0) is 0 Å². The van der Waals surface area contributed by atoms with Crippen LogP contribution in [0.4, 0.5) is 10.1 Å². The van der Waals surface area contributed by atoms with Gasteiger partial charge in [-0.15, -0.1) is 0 Å². The minimum absolute atomic E-state index is 0.0108. The van der Waals surface area contributed by atoms with E-state index in [2.05, 4.69) is 0 Å². The second-order valence-corrected chi connectivity index (χ2v) is 3.86. The number of ether oxygens (including phenoxy) is 1. The molecule has 2 rings (SSSR count). The smallest absolute Gasteiger partial charge is 0.312 e. The normalized spacial score (nSPS) is 10.1. The van der Waals surface area contributed by atoms with Crippen LogP contribution in [0.25, 0.3) is 0 Å². The second kappa shape index (κ2) is 5.35. The molecule has 0 unspecified atom stereocenters. The molecule has 0 heterocycles. The van der Waals surface area contributed by atoms with Crippen LogP contribution >= 0.6 is 0 Å². The van der Waals surface area contributed by atoms with Crippen molar-refractivity contribution in [3.8, 4) is 11.5 Å². The molecule has 0 aliphatic carbocycles. The third-order valence-corrected chi connectivity index (χ3v) is 2.46. The lowest BCUT2D eigenvalue weighted by Gasteiger charge is -2.07. The molecule has 6 nitrogen and oxygen atoms in total. The van der Waals surface area contributed by atoms with Crippen LogP contribution in [-0.4, -0.2) is 10.8 Å². The van der Waals surface area contributed by atoms with Crippen LogP contribution in [0, 0.1) is 15.9 Å². The molecule has 0 fully saturated rings. The number of carbonyl (C=O) groups excluding carboxylic acids is 1.